The van der Waals surface area contributed by atoms with Gasteiger partial charge in [0.05, 0.1) is 23.0 Å². The Morgan fingerprint density at radius 3 is 2.74 bits per heavy atom. The summed E-state index contributed by atoms with van der Waals surface area (Å²) in [5.41, 5.74) is 7.81. The molecule has 1 atom stereocenters. The molecule has 3 rings (SSSR count). The van der Waals surface area contributed by atoms with E-state index in [0.717, 1.165) is 35.5 Å². The van der Waals surface area contributed by atoms with Crippen molar-refractivity contribution in [2.45, 2.75) is 32.9 Å². The minimum Gasteiger partial charge on any atom is -0.365 e. The number of anilines is 1. The van der Waals surface area contributed by atoms with Gasteiger partial charge in [0.1, 0.15) is 11.5 Å². The number of halogens is 1. The predicted molar refractivity (Wildman–Crippen MR) is 110 cm³/mol. The van der Waals surface area contributed by atoms with Crippen LogP contribution in [0.3, 0.4) is 0 Å². The SMILES string of the molecule is CC(C)[NH+]1CCc2c(sc(NC(=O)C=Cc3ccccc3Cl)c2C(N)=O)C1. The van der Waals surface area contributed by atoms with E-state index in [1.165, 1.54) is 22.3 Å². The molecule has 1 unspecified atom stereocenters. The molecule has 0 aliphatic carbocycles. The fourth-order valence-electron chi connectivity index (χ4n) is 3.27. The van der Waals surface area contributed by atoms with Crippen molar-refractivity contribution in [3.8, 4) is 0 Å². The molecule has 0 saturated heterocycles. The first-order valence-corrected chi connectivity index (χ1v) is 10.1. The molecule has 0 radical (unpaired) electrons. The third kappa shape index (κ3) is 4.40. The van der Waals surface area contributed by atoms with Crippen LogP contribution < -0.4 is 16.0 Å². The maximum atomic E-state index is 12.4. The predicted octanol–water partition coefficient (Wildman–Crippen LogP) is 2.50. The molecule has 1 aromatic heterocycles. The Morgan fingerprint density at radius 1 is 1.33 bits per heavy atom. The third-order valence-corrected chi connectivity index (χ3v) is 6.29. The molecule has 2 aromatic rings. The van der Waals surface area contributed by atoms with E-state index in [4.69, 9.17) is 17.3 Å². The van der Waals surface area contributed by atoms with Crippen LogP contribution in [-0.4, -0.2) is 24.4 Å². The van der Waals surface area contributed by atoms with Gasteiger partial charge in [0, 0.05) is 17.5 Å². The van der Waals surface area contributed by atoms with Gasteiger partial charge in [-0.25, -0.2) is 0 Å². The number of hydrogen-bond acceptors (Lipinski definition) is 3. The van der Waals surface area contributed by atoms with Crippen LogP contribution in [-0.2, 0) is 17.8 Å². The van der Waals surface area contributed by atoms with Crippen LogP contribution in [0.1, 0.15) is 40.2 Å². The van der Waals surface area contributed by atoms with Gasteiger partial charge in [0.2, 0.25) is 5.91 Å². The summed E-state index contributed by atoms with van der Waals surface area (Å²) in [6.45, 7) is 6.18. The van der Waals surface area contributed by atoms with Crippen molar-refractivity contribution in [2.24, 2.45) is 5.73 Å². The third-order valence-electron chi connectivity index (χ3n) is 4.79. The van der Waals surface area contributed by atoms with E-state index < -0.39 is 5.91 Å². The highest BCUT2D eigenvalue weighted by Crippen LogP contribution is 2.34. The molecule has 2 heterocycles. The summed E-state index contributed by atoms with van der Waals surface area (Å²) in [6.07, 6.45) is 3.86. The van der Waals surface area contributed by atoms with Crippen molar-refractivity contribution < 1.29 is 14.5 Å². The minimum atomic E-state index is -0.495. The van der Waals surface area contributed by atoms with E-state index in [9.17, 15) is 9.59 Å². The number of carbonyl (C=O) groups is 2. The number of thiophene rings is 1. The van der Waals surface area contributed by atoms with E-state index in [2.05, 4.69) is 19.2 Å². The first-order chi connectivity index (χ1) is 12.9. The zero-order valence-corrected chi connectivity index (χ0v) is 16.9. The summed E-state index contributed by atoms with van der Waals surface area (Å²) in [7, 11) is 0. The number of carbonyl (C=O) groups excluding carboxylic acids is 2. The van der Waals surface area contributed by atoms with E-state index in [0.29, 0.717) is 21.6 Å². The van der Waals surface area contributed by atoms with Gasteiger partial charge in [-0.3, -0.25) is 9.59 Å². The lowest BCUT2D eigenvalue weighted by molar-refractivity contribution is -0.936. The zero-order valence-electron chi connectivity index (χ0n) is 15.3. The zero-order chi connectivity index (χ0) is 19.6. The summed E-state index contributed by atoms with van der Waals surface area (Å²) in [4.78, 5) is 27.0. The van der Waals surface area contributed by atoms with Crippen LogP contribution in [0.2, 0.25) is 5.02 Å². The molecule has 1 aromatic carbocycles. The molecular formula is C20H23ClN3O2S+. The lowest BCUT2D eigenvalue weighted by Gasteiger charge is -2.27. The number of amides is 2. The molecule has 142 valence electrons. The van der Waals surface area contributed by atoms with Gasteiger partial charge in [-0.2, -0.15) is 0 Å². The number of fused-ring (bicyclic) bond motifs is 1. The highest BCUT2D eigenvalue weighted by Gasteiger charge is 2.30. The second-order valence-electron chi connectivity index (χ2n) is 6.91. The van der Waals surface area contributed by atoms with Crippen LogP contribution in [0.4, 0.5) is 5.00 Å². The number of benzene rings is 1. The summed E-state index contributed by atoms with van der Waals surface area (Å²) >= 11 is 7.55. The van der Waals surface area contributed by atoms with E-state index >= 15 is 0 Å². The van der Waals surface area contributed by atoms with Crippen molar-refractivity contribution in [1.82, 2.24) is 0 Å². The smallest absolute Gasteiger partial charge is 0.252 e. The van der Waals surface area contributed by atoms with Gasteiger partial charge in [0.15, 0.2) is 0 Å². The van der Waals surface area contributed by atoms with E-state index in [1.54, 1.807) is 12.1 Å². The largest absolute Gasteiger partial charge is 0.365 e. The summed E-state index contributed by atoms with van der Waals surface area (Å²) in [6, 6.07) is 7.78. The van der Waals surface area contributed by atoms with Crippen molar-refractivity contribution >= 4 is 45.8 Å². The molecule has 0 saturated carbocycles. The van der Waals surface area contributed by atoms with E-state index in [-0.39, 0.29) is 5.91 Å². The molecule has 0 bridgehead atoms. The Morgan fingerprint density at radius 2 is 2.07 bits per heavy atom. The lowest BCUT2D eigenvalue weighted by Crippen LogP contribution is -3.14. The van der Waals surface area contributed by atoms with Gasteiger partial charge < -0.3 is 16.0 Å². The average Bonchev–Trinajstić information content (AvgIpc) is 2.97. The van der Waals surface area contributed by atoms with Gasteiger partial charge >= 0.3 is 0 Å². The molecule has 4 N–H and O–H groups in total. The highest BCUT2D eigenvalue weighted by molar-refractivity contribution is 7.17. The quantitative estimate of drug-likeness (QED) is 0.669. The van der Waals surface area contributed by atoms with Gasteiger partial charge in [0.25, 0.3) is 5.91 Å². The first-order valence-electron chi connectivity index (χ1n) is 8.89. The van der Waals surface area contributed by atoms with Crippen LogP contribution in [0.15, 0.2) is 30.3 Å². The normalized spacial score (nSPS) is 16.5. The molecular weight excluding hydrogens is 382 g/mol. The number of quaternary nitrogens is 1. The molecule has 0 spiro atoms. The molecule has 2 amide bonds. The molecule has 1 aliphatic heterocycles. The van der Waals surface area contributed by atoms with Gasteiger partial charge in [-0.15, -0.1) is 11.3 Å². The molecule has 0 fully saturated rings. The number of rotatable bonds is 5. The maximum absolute atomic E-state index is 12.4. The number of hydrogen-bond donors (Lipinski definition) is 3. The monoisotopic (exact) mass is 404 g/mol. The van der Waals surface area contributed by atoms with Crippen molar-refractivity contribution in [3.05, 3.63) is 56.9 Å². The molecule has 7 heteroatoms. The van der Waals surface area contributed by atoms with Crippen LogP contribution >= 0.6 is 22.9 Å². The standard InChI is InChI=1S/C20H22ClN3O2S/c1-12(2)24-10-9-14-16(11-24)27-20(18(14)19(22)26)23-17(25)8-7-13-5-3-4-6-15(13)21/h3-8,12H,9-11H2,1-2H3,(H2,22,26)(H,23,25)/p+1. The Hall–Kier alpha value is -2.15. The Labute approximate surface area is 167 Å². The number of primary amides is 1. The first kappa shape index (κ1) is 19.6. The maximum Gasteiger partial charge on any atom is 0.252 e. The number of nitrogens with two attached hydrogens (primary N) is 1. The van der Waals surface area contributed by atoms with Crippen molar-refractivity contribution in [3.63, 3.8) is 0 Å². The van der Waals surface area contributed by atoms with Crippen LogP contribution in [0, 0.1) is 0 Å². The Balaban J connectivity index is 1.81. The number of nitrogens with one attached hydrogen (secondary N) is 2. The van der Waals surface area contributed by atoms with Crippen LogP contribution in [0.25, 0.3) is 6.08 Å². The topological polar surface area (TPSA) is 76.6 Å². The summed E-state index contributed by atoms with van der Waals surface area (Å²) in [5.74, 6) is -0.810. The van der Waals surface area contributed by atoms with Crippen LogP contribution in [0.5, 0.6) is 0 Å². The second-order valence-corrected chi connectivity index (χ2v) is 8.42. The summed E-state index contributed by atoms with van der Waals surface area (Å²) in [5, 5.41) is 3.93. The van der Waals surface area contributed by atoms with Crippen molar-refractivity contribution in [1.29, 1.82) is 0 Å². The fourth-order valence-corrected chi connectivity index (χ4v) is 4.78. The Bertz CT molecular complexity index is 905. The van der Waals surface area contributed by atoms with Crippen molar-refractivity contribution in [2.75, 3.05) is 11.9 Å². The molecule has 5 nitrogen and oxygen atoms in total. The summed E-state index contributed by atoms with van der Waals surface area (Å²) < 4.78 is 0. The lowest BCUT2D eigenvalue weighted by atomic mass is 10.0. The molecule has 27 heavy (non-hydrogen) atoms. The molecule has 1 aliphatic rings. The Kier molecular flexibility index (Phi) is 5.99. The fraction of sp³-hybridized carbons (Fsp3) is 0.300. The second kappa shape index (κ2) is 8.25. The van der Waals surface area contributed by atoms with E-state index in [1.807, 2.05) is 18.2 Å². The van der Waals surface area contributed by atoms with Gasteiger partial charge in [-0.1, -0.05) is 29.8 Å². The highest BCUT2D eigenvalue weighted by atomic mass is 35.5. The minimum absolute atomic E-state index is 0.316. The average molecular weight is 405 g/mol. The van der Waals surface area contributed by atoms with Gasteiger partial charge in [-0.05, 0) is 37.1 Å².